The number of benzene rings is 3. The molecule has 0 aliphatic carbocycles. The van der Waals surface area contributed by atoms with Crippen LogP contribution in [0.15, 0.2) is 72.8 Å². The molecule has 0 saturated heterocycles. The minimum atomic E-state index is -0.707. The molecule has 36 heavy (non-hydrogen) atoms. The second kappa shape index (κ2) is 13.1. The number of aryl methyl sites for hydroxylation is 2. The summed E-state index contributed by atoms with van der Waals surface area (Å²) in [5.41, 5.74) is 4.06. The van der Waals surface area contributed by atoms with Gasteiger partial charge in [-0.3, -0.25) is 9.59 Å². The van der Waals surface area contributed by atoms with Crippen LogP contribution in [0.25, 0.3) is 0 Å². The first kappa shape index (κ1) is 27.3. The third-order valence-electron chi connectivity index (χ3n) is 6.04. The van der Waals surface area contributed by atoms with E-state index in [1.807, 2.05) is 94.4 Å². The Balaban J connectivity index is 1.90. The SMILES string of the molecule is Cc1ccc(OCC(=O)N(Cc2cccc(Cl)c2)[C@H](Cc2ccccc2)C(=O)NCC(C)C)cc1C. The van der Waals surface area contributed by atoms with Gasteiger partial charge < -0.3 is 15.0 Å². The minimum Gasteiger partial charge on any atom is -0.484 e. The van der Waals surface area contributed by atoms with Gasteiger partial charge in [-0.2, -0.15) is 0 Å². The van der Waals surface area contributed by atoms with Crippen LogP contribution in [-0.2, 0) is 22.6 Å². The lowest BCUT2D eigenvalue weighted by atomic mass is 10.0. The number of amides is 2. The fraction of sp³-hybridized carbons (Fsp3) is 0.333. The van der Waals surface area contributed by atoms with Crippen LogP contribution in [-0.4, -0.2) is 35.9 Å². The summed E-state index contributed by atoms with van der Waals surface area (Å²) in [6.07, 6.45) is 0.390. The van der Waals surface area contributed by atoms with Crippen molar-refractivity contribution < 1.29 is 14.3 Å². The zero-order chi connectivity index (χ0) is 26.1. The molecule has 5 nitrogen and oxygen atoms in total. The average Bonchev–Trinajstić information content (AvgIpc) is 2.86. The van der Waals surface area contributed by atoms with Crippen LogP contribution in [0.2, 0.25) is 5.02 Å². The van der Waals surface area contributed by atoms with Gasteiger partial charge in [0.25, 0.3) is 5.91 Å². The van der Waals surface area contributed by atoms with Gasteiger partial charge in [-0.05, 0) is 66.3 Å². The molecule has 0 unspecified atom stereocenters. The Morgan fingerprint density at radius 1 is 0.917 bits per heavy atom. The Morgan fingerprint density at radius 2 is 1.64 bits per heavy atom. The van der Waals surface area contributed by atoms with Crippen LogP contribution in [0.4, 0.5) is 0 Å². The summed E-state index contributed by atoms with van der Waals surface area (Å²) in [5.74, 6) is 0.456. The number of carbonyl (C=O) groups is 2. The first-order valence-electron chi connectivity index (χ1n) is 12.3. The third-order valence-corrected chi connectivity index (χ3v) is 6.27. The summed E-state index contributed by atoms with van der Waals surface area (Å²) in [5, 5.41) is 3.60. The van der Waals surface area contributed by atoms with E-state index >= 15 is 0 Å². The van der Waals surface area contributed by atoms with Gasteiger partial charge in [-0.15, -0.1) is 0 Å². The molecule has 3 aromatic rings. The molecule has 2 amide bonds. The molecular formula is C30H35ClN2O3. The van der Waals surface area contributed by atoms with E-state index in [9.17, 15) is 9.59 Å². The van der Waals surface area contributed by atoms with E-state index < -0.39 is 6.04 Å². The highest BCUT2D eigenvalue weighted by Crippen LogP contribution is 2.20. The quantitative estimate of drug-likeness (QED) is 0.360. The van der Waals surface area contributed by atoms with Gasteiger partial charge in [0.1, 0.15) is 11.8 Å². The van der Waals surface area contributed by atoms with Crippen molar-refractivity contribution in [1.82, 2.24) is 10.2 Å². The summed E-state index contributed by atoms with van der Waals surface area (Å²) in [6, 6.07) is 22.1. The summed E-state index contributed by atoms with van der Waals surface area (Å²) in [6.45, 7) is 8.71. The van der Waals surface area contributed by atoms with Crippen molar-refractivity contribution in [3.63, 3.8) is 0 Å². The van der Waals surface area contributed by atoms with Crippen molar-refractivity contribution >= 4 is 23.4 Å². The highest BCUT2D eigenvalue weighted by atomic mass is 35.5. The normalized spacial score (nSPS) is 11.7. The van der Waals surface area contributed by atoms with Crippen molar-refractivity contribution in [2.45, 2.75) is 46.7 Å². The molecule has 1 N–H and O–H groups in total. The van der Waals surface area contributed by atoms with E-state index in [0.717, 1.165) is 22.3 Å². The fourth-order valence-electron chi connectivity index (χ4n) is 3.84. The van der Waals surface area contributed by atoms with E-state index in [4.69, 9.17) is 16.3 Å². The Morgan fingerprint density at radius 3 is 2.31 bits per heavy atom. The van der Waals surface area contributed by atoms with Crippen molar-refractivity contribution in [2.75, 3.05) is 13.2 Å². The molecule has 6 heteroatoms. The molecule has 0 aliphatic rings. The largest absolute Gasteiger partial charge is 0.484 e. The predicted molar refractivity (Wildman–Crippen MR) is 145 cm³/mol. The summed E-state index contributed by atoms with van der Waals surface area (Å²) in [4.78, 5) is 28.7. The number of nitrogens with one attached hydrogen (secondary N) is 1. The monoisotopic (exact) mass is 506 g/mol. The number of rotatable bonds is 11. The van der Waals surface area contributed by atoms with Crippen LogP contribution in [0, 0.1) is 19.8 Å². The number of carbonyl (C=O) groups excluding carboxylic acids is 2. The lowest BCUT2D eigenvalue weighted by molar-refractivity contribution is -0.142. The Kier molecular flexibility index (Phi) is 9.95. The van der Waals surface area contributed by atoms with E-state index in [2.05, 4.69) is 5.32 Å². The minimum absolute atomic E-state index is 0.175. The number of nitrogens with zero attached hydrogens (tertiary/aromatic N) is 1. The van der Waals surface area contributed by atoms with Gasteiger partial charge in [0.2, 0.25) is 5.91 Å². The molecule has 0 saturated carbocycles. The standard InChI is InChI=1S/C30H35ClN2O3/c1-21(2)18-32-30(35)28(17-24-9-6-5-7-10-24)33(19-25-11-8-12-26(31)16-25)29(34)20-36-27-14-13-22(3)23(4)15-27/h5-16,21,28H,17-20H2,1-4H3,(H,32,35)/t28-/m1/s1. The predicted octanol–water partition coefficient (Wildman–Crippen LogP) is 5.75. The van der Waals surface area contributed by atoms with E-state index in [1.165, 1.54) is 0 Å². The molecule has 190 valence electrons. The molecule has 3 rings (SSSR count). The number of ether oxygens (including phenoxy) is 1. The van der Waals surface area contributed by atoms with Gasteiger partial charge in [-0.25, -0.2) is 0 Å². The lowest BCUT2D eigenvalue weighted by Gasteiger charge is -2.31. The number of halogens is 1. The van der Waals surface area contributed by atoms with Crippen molar-refractivity contribution in [3.8, 4) is 5.75 Å². The van der Waals surface area contributed by atoms with Crippen LogP contribution in [0.1, 0.15) is 36.1 Å². The molecule has 1 atom stereocenters. The van der Waals surface area contributed by atoms with E-state index in [-0.39, 0.29) is 30.9 Å². The van der Waals surface area contributed by atoms with Gasteiger partial charge >= 0.3 is 0 Å². The maximum absolute atomic E-state index is 13.6. The molecular weight excluding hydrogens is 472 g/mol. The van der Waals surface area contributed by atoms with Crippen LogP contribution in [0.3, 0.4) is 0 Å². The first-order valence-corrected chi connectivity index (χ1v) is 12.7. The molecule has 0 heterocycles. The van der Waals surface area contributed by atoms with Gasteiger partial charge in [0.05, 0.1) is 0 Å². The van der Waals surface area contributed by atoms with Crippen molar-refractivity contribution in [1.29, 1.82) is 0 Å². The van der Waals surface area contributed by atoms with Crippen LogP contribution < -0.4 is 10.1 Å². The molecule has 0 spiro atoms. The Bertz CT molecular complexity index is 1160. The molecule has 3 aromatic carbocycles. The summed E-state index contributed by atoms with van der Waals surface area (Å²) in [7, 11) is 0. The Hall–Kier alpha value is -3.31. The third kappa shape index (κ3) is 8.13. The maximum atomic E-state index is 13.6. The number of hydrogen-bond acceptors (Lipinski definition) is 3. The zero-order valence-electron chi connectivity index (χ0n) is 21.5. The van der Waals surface area contributed by atoms with Crippen LogP contribution >= 0.6 is 11.6 Å². The smallest absolute Gasteiger partial charge is 0.261 e. The molecule has 0 aliphatic heterocycles. The van der Waals surface area contributed by atoms with Gasteiger partial charge in [0.15, 0.2) is 6.61 Å². The maximum Gasteiger partial charge on any atom is 0.261 e. The van der Waals surface area contributed by atoms with E-state index in [0.29, 0.717) is 23.7 Å². The van der Waals surface area contributed by atoms with E-state index in [1.54, 1.807) is 11.0 Å². The number of hydrogen-bond donors (Lipinski definition) is 1. The topological polar surface area (TPSA) is 58.6 Å². The summed E-state index contributed by atoms with van der Waals surface area (Å²) >= 11 is 6.23. The highest BCUT2D eigenvalue weighted by Gasteiger charge is 2.30. The first-order chi connectivity index (χ1) is 17.2. The fourth-order valence-corrected chi connectivity index (χ4v) is 4.05. The average molecular weight is 507 g/mol. The van der Waals surface area contributed by atoms with Gasteiger partial charge in [0, 0.05) is 24.5 Å². The van der Waals surface area contributed by atoms with Crippen molar-refractivity contribution in [2.24, 2.45) is 5.92 Å². The molecule has 0 aromatic heterocycles. The highest BCUT2D eigenvalue weighted by molar-refractivity contribution is 6.30. The molecule has 0 radical (unpaired) electrons. The Labute approximate surface area is 219 Å². The second-order valence-electron chi connectivity index (χ2n) is 9.53. The zero-order valence-corrected chi connectivity index (χ0v) is 22.2. The second-order valence-corrected chi connectivity index (χ2v) is 9.97. The molecule has 0 bridgehead atoms. The lowest BCUT2D eigenvalue weighted by Crippen LogP contribution is -2.52. The molecule has 0 fully saturated rings. The van der Waals surface area contributed by atoms with Crippen molar-refractivity contribution in [3.05, 3.63) is 100 Å². The van der Waals surface area contributed by atoms with Gasteiger partial charge in [-0.1, -0.05) is 74.0 Å². The summed E-state index contributed by atoms with van der Waals surface area (Å²) < 4.78 is 5.88. The van der Waals surface area contributed by atoms with Crippen LogP contribution in [0.5, 0.6) is 5.75 Å².